The molecule has 0 fully saturated rings. The van der Waals surface area contributed by atoms with Gasteiger partial charge in [-0.05, 0) is 49.4 Å². The molecule has 0 saturated heterocycles. The van der Waals surface area contributed by atoms with Gasteiger partial charge in [0.2, 0.25) is 5.95 Å². The zero-order valence-electron chi connectivity index (χ0n) is 14.6. The Bertz CT molecular complexity index is 857. The van der Waals surface area contributed by atoms with Crippen molar-refractivity contribution < 1.29 is 4.74 Å². The smallest absolute Gasteiger partial charge is 0.227 e. The minimum Gasteiger partial charge on any atom is -0.383 e. The van der Waals surface area contributed by atoms with Crippen LogP contribution in [0.4, 0.5) is 17.5 Å². The van der Waals surface area contributed by atoms with Crippen LogP contribution in [0.2, 0.25) is 5.02 Å². The minimum atomic E-state index is 0.162. The SMILES string of the molecule is COCC(C)Nc1cc(-c2ccnc(Nc3ccc(Cl)cc3)n2)ccn1. The molecular weight excluding hydrogens is 350 g/mol. The van der Waals surface area contributed by atoms with Crippen LogP contribution in [0.25, 0.3) is 11.3 Å². The first-order valence-electron chi connectivity index (χ1n) is 8.21. The van der Waals surface area contributed by atoms with Gasteiger partial charge in [0.05, 0.1) is 12.3 Å². The third-order valence-corrected chi connectivity index (χ3v) is 3.87. The van der Waals surface area contributed by atoms with E-state index in [-0.39, 0.29) is 6.04 Å². The lowest BCUT2D eigenvalue weighted by Crippen LogP contribution is -2.21. The number of halogens is 1. The van der Waals surface area contributed by atoms with Gasteiger partial charge in [0.25, 0.3) is 0 Å². The number of rotatable bonds is 7. The highest BCUT2D eigenvalue weighted by Gasteiger charge is 2.07. The first kappa shape index (κ1) is 18.1. The summed E-state index contributed by atoms with van der Waals surface area (Å²) >= 11 is 5.91. The van der Waals surface area contributed by atoms with E-state index in [2.05, 4.69) is 25.6 Å². The van der Waals surface area contributed by atoms with E-state index in [1.807, 2.05) is 49.4 Å². The average Bonchev–Trinajstić information content (AvgIpc) is 2.64. The van der Waals surface area contributed by atoms with Crippen molar-refractivity contribution in [2.75, 3.05) is 24.4 Å². The van der Waals surface area contributed by atoms with Crippen LogP contribution in [0.5, 0.6) is 0 Å². The Balaban J connectivity index is 1.78. The molecule has 0 radical (unpaired) electrons. The third kappa shape index (κ3) is 4.91. The first-order valence-corrected chi connectivity index (χ1v) is 8.59. The summed E-state index contributed by atoms with van der Waals surface area (Å²) in [7, 11) is 1.68. The maximum atomic E-state index is 5.91. The molecule has 3 aromatic rings. The maximum Gasteiger partial charge on any atom is 0.227 e. The molecule has 7 heteroatoms. The van der Waals surface area contributed by atoms with Gasteiger partial charge >= 0.3 is 0 Å². The van der Waals surface area contributed by atoms with E-state index in [0.29, 0.717) is 17.6 Å². The van der Waals surface area contributed by atoms with Gasteiger partial charge < -0.3 is 15.4 Å². The fourth-order valence-electron chi connectivity index (χ4n) is 2.45. The van der Waals surface area contributed by atoms with Crippen molar-refractivity contribution in [1.29, 1.82) is 0 Å². The van der Waals surface area contributed by atoms with Crippen LogP contribution < -0.4 is 10.6 Å². The summed E-state index contributed by atoms with van der Waals surface area (Å²) in [5.41, 5.74) is 2.63. The van der Waals surface area contributed by atoms with Crippen LogP contribution in [0, 0.1) is 0 Å². The lowest BCUT2D eigenvalue weighted by Gasteiger charge is -2.14. The number of nitrogens with zero attached hydrogens (tertiary/aromatic N) is 3. The van der Waals surface area contributed by atoms with Crippen LogP contribution >= 0.6 is 11.6 Å². The van der Waals surface area contributed by atoms with Crippen LogP contribution in [-0.4, -0.2) is 34.7 Å². The molecule has 0 bridgehead atoms. The molecule has 0 amide bonds. The van der Waals surface area contributed by atoms with E-state index in [9.17, 15) is 0 Å². The van der Waals surface area contributed by atoms with Crippen molar-refractivity contribution >= 4 is 29.1 Å². The molecule has 1 aromatic carbocycles. The van der Waals surface area contributed by atoms with Gasteiger partial charge in [-0.3, -0.25) is 0 Å². The summed E-state index contributed by atoms with van der Waals surface area (Å²) in [6, 6.07) is 13.3. The Kier molecular flexibility index (Phi) is 5.99. The third-order valence-electron chi connectivity index (χ3n) is 3.62. The van der Waals surface area contributed by atoms with Gasteiger partial charge in [-0.2, -0.15) is 0 Å². The van der Waals surface area contributed by atoms with Crippen molar-refractivity contribution in [2.45, 2.75) is 13.0 Å². The summed E-state index contributed by atoms with van der Waals surface area (Å²) in [6.07, 6.45) is 3.48. The van der Waals surface area contributed by atoms with Gasteiger partial charge in [0.15, 0.2) is 0 Å². The zero-order chi connectivity index (χ0) is 18.4. The second-order valence-corrected chi connectivity index (χ2v) is 6.26. The van der Waals surface area contributed by atoms with Crippen LogP contribution in [0.3, 0.4) is 0 Å². The van der Waals surface area contributed by atoms with Crippen LogP contribution in [0.15, 0.2) is 54.9 Å². The minimum absolute atomic E-state index is 0.162. The molecule has 0 aliphatic heterocycles. The fourth-order valence-corrected chi connectivity index (χ4v) is 2.58. The van der Waals surface area contributed by atoms with Crippen molar-refractivity contribution in [2.24, 2.45) is 0 Å². The maximum absolute atomic E-state index is 5.91. The number of benzene rings is 1. The highest BCUT2D eigenvalue weighted by molar-refractivity contribution is 6.30. The summed E-state index contributed by atoms with van der Waals surface area (Å²) in [4.78, 5) is 13.2. The number of methoxy groups -OCH3 is 1. The van der Waals surface area contributed by atoms with E-state index in [1.165, 1.54) is 0 Å². The Labute approximate surface area is 157 Å². The van der Waals surface area contributed by atoms with Gasteiger partial charge in [-0.25, -0.2) is 15.0 Å². The molecule has 2 N–H and O–H groups in total. The molecule has 2 heterocycles. The van der Waals surface area contributed by atoms with Gasteiger partial charge in [-0.1, -0.05) is 11.6 Å². The van der Waals surface area contributed by atoms with Crippen molar-refractivity contribution in [3.05, 3.63) is 59.9 Å². The number of ether oxygens (including phenoxy) is 1. The topological polar surface area (TPSA) is 72.0 Å². The van der Waals surface area contributed by atoms with E-state index in [1.54, 1.807) is 19.5 Å². The number of anilines is 3. The predicted molar refractivity (Wildman–Crippen MR) is 105 cm³/mol. The lowest BCUT2D eigenvalue weighted by molar-refractivity contribution is 0.190. The first-order chi connectivity index (χ1) is 12.6. The molecule has 0 spiro atoms. The highest BCUT2D eigenvalue weighted by Crippen LogP contribution is 2.22. The molecule has 0 saturated carbocycles. The van der Waals surface area contributed by atoms with Gasteiger partial charge in [-0.15, -0.1) is 0 Å². The van der Waals surface area contributed by atoms with Crippen molar-refractivity contribution in [1.82, 2.24) is 15.0 Å². The summed E-state index contributed by atoms with van der Waals surface area (Å²) in [6.45, 7) is 2.64. The number of nitrogens with one attached hydrogen (secondary N) is 2. The molecule has 1 unspecified atom stereocenters. The number of pyridine rings is 1. The average molecular weight is 370 g/mol. The zero-order valence-corrected chi connectivity index (χ0v) is 15.4. The molecule has 2 aromatic heterocycles. The quantitative estimate of drug-likeness (QED) is 0.643. The standard InChI is InChI=1S/C19H20ClN5O/c1-13(12-26-2)23-18-11-14(7-9-21-18)17-8-10-22-19(25-17)24-16-5-3-15(20)4-6-16/h3-11,13H,12H2,1-2H3,(H,21,23)(H,22,24,25). The second-order valence-electron chi connectivity index (χ2n) is 5.83. The lowest BCUT2D eigenvalue weighted by atomic mass is 10.2. The monoisotopic (exact) mass is 369 g/mol. The van der Waals surface area contributed by atoms with Gasteiger partial charge in [0, 0.05) is 41.8 Å². The van der Waals surface area contributed by atoms with E-state index in [0.717, 1.165) is 22.8 Å². The van der Waals surface area contributed by atoms with E-state index in [4.69, 9.17) is 16.3 Å². The van der Waals surface area contributed by atoms with Crippen molar-refractivity contribution in [3.63, 3.8) is 0 Å². The molecule has 6 nitrogen and oxygen atoms in total. The van der Waals surface area contributed by atoms with Crippen LogP contribution in [-0.2, 0) is 4.74 Å². The molecule has 3 rings (SSSR count). The van der Waals surface area contributed by atoms with Gasteiger partial charge in [0.1, 0.15) is 5.82 Å². The largest absolute Gasteiger partial charge is 0.383 e. The Hall–Kier alpha value is -2.70. The Morgan fingerprint density at radius 2 is 1.85 bits per heavy atom. The fraction of sp³-hybridized carbons (Fsp3) is 0.211. The second kappa shape index (κ2) is 8.60. The van der Waals surface area contributed by atoms with Crippen LogP contribution in [0.1, 0.15) is 6.92 Å². The van der Waals surface area contributed by atoms with E-state index >= 15 is 0 Å². The Morgan fingerprint density at radius 1 is 1.08 bits per heavy atom. The van der Waals surface area contributed by atoms with E-state index < -0.39 is 0 Å². The molecule has 134 valence electrons. The summed E-state index contributed by atoms with van der Waals surface area (Å²) in [5, 5.41) is 7.17. The Morgan fingerprint density at radius 3 is 2.62 bits per heavy atom. The summed E-state index contributed by atoms with van der Waals surface area (Å²) < 4.78 is 5.14. The van der Waals surface area contributed by atoms with Crippen molar-refractivity contribution in [3.8, 4) is 11.3 Å². The molecule has 0 aliphatic carbocycles. The summed E-state index contributed by atoms with van der Waals surface area (Å²) in [5.74, 6) is 1.29. The molecule has 26 heavy (non-hydrogen) atoms. The normalized spacial score (nSPS) is 11.8. The highest BCUT2D eigenvalue weighted by atomic mass is 35.5. The molecule has 0 aliphatic rings. The molecular formula is C19H20ClN5O. The molecule has 1 atom stereocenters. The number of hydrogen-bond acceptors (Lipinski definition) is 6. The number of hydrogen-bond donors (Lipinski definition) is 2. The number of aromatic nitrogens is 3. The predicted octanol–water partition coefficient (Wildman–Crippen LogP) is 4.38.